The lowest BCUT2D eigenvalue weighted by Gasteiger charge is -2.44. The zero-order valence-corrected chi connectivity index (χ0v) is 17.8. The van der Waals surface area contributed by atoms with Crippen LogP contribution < -0.4 is 0 Å². The van der Waals surface area contributed by atoms with Crippen molar-refractivity contribution in [1.29, 1.82) is 0 Å². The molecular formula is C22H25NO8. The lowest BCUT2D eigenvalue weighted by Crippen LogP contribution is -2.55. The number of hydrogen-bond acceptors (Lipinski definition) is 8. The fourth-order valence-electron chi connectivity index (χ4n) is 3.89. The zero-order chi connectivity index (χ0) is 22.7. The molecule has 1 fully saturated rings. The van der Waals surface area contributed by atoms with Crippen LogP contribution in [0.25, 0.3) is 10.9 Å². The predicted octanol–water partition coefficient (Wildman–Crippen LogP) is 2.41. The number of rotatable bonds is 6. The molecule has 9 heteroatoms. The number of aromatic nitrogens is 1. The van der Waals surface area contributed by atoms with Crippen molar-refractivity contribution in [2.24, 2.45) is 5.92 Å². The second-order valence-corrected chi connectivity index (χ2v) is 7.50. The number of benzene rings is 1. The van der Waals surface area contributed by atoms with Gasteiger partial charge in [0.2, 0.25) is 0 Å². The van der Waals surface area contributed by atoms with E-state index in [9.17, 15) is 19.2 Å². The molecule has 1 aliphatic heterocycles. The summed E-state index contributed by atoms with van der Waals surface area (Å²) in [7, 11) is 0. The number of nitrogens with zero attached hydrogens (tertiary/aromatic N) is 1. The Morgan fingerprint density at radius 1 is 1.03 bits per heavy atom. The zero-order valence-electron chi connectivity index (χ0n) is 17.8. The molecule has 166 valence electrons. The summed E-state index contributed by atoms with van der Waals surface area (Å²) in [5.41, 5.74) is 1.11. The molecule has 0 N–H and O–H groups in total. The van der Waals surface area contributed by atoms with Gasteiger partial charge >= 0.3 is 17.9 Å². The number of fused-ring (bicyclic) bond motifs is 1. The summed E-state index contributed by atoms with van der Waals surface area (Å²) in [5, 5.41) is 0.696. The average Bonchev–Trinajstić information content (AvgIpc) is 3.08. The van der Waals surface area contributed by atoms with Gasteiger partial charge < -0.3 is 23.5 Å². The number of hydrogen-bond donors (Lipinski definition) is 0. The van der Waals surface area contributed by atoms with Gasteiger partial charge in [-0.25, -0.2) is 0 Å². The van der Waals surface area contributed by atoms with Crippen molar-refractivity contribution in [3.8, 4) is 0 Å². The predicted molar refractivity (Wildman–Crippen MR) is 108 cm³/mol. The number of ether oxygens (including phenoxy) is 4. The van der Waals surface area contributed by atoms with Gasteiger partial charge in [0.25, 0.3) is 0 Å². The lowest BCUT2D eigenvalue weighted by atomic mass is 9.89. The maximum absolute atomic E-state index is 11.9. The van der Waals surface area contributed by atoms with Crippen LogP contribution in [0.2, 0.25) is 0 Å². The summed E-state index contributed by atoms with van der Waals surface area (Å²) in [6, 6.07) is 7.20. The van der Waals surface area contributed by atoms with Crippen molar-refractivity contribution in [1.82, 2.24) is 4.57 Å². The minimum atomic E-state index is -0.986. The van der Waals surface area contributed by atoms with Crippen LogP contribution >= 0.6 is 0 Å². The first-order valence-electron chi connectivity index (χ1n) is 9.91. The third-order valence-electron chi connectivity index (χ3n) is 5.25. The van der Waals surface area contributed by atoms with Crippen molar-refractivity contribution in [2.75, 3.05) is 6.61 Å². The molecule has 0 amide bonds. The fourth-order valence-corrected chi connectivity index (χ4v) is 3.89. The summed E-state index contributed by atoms with van der Waals surface area (Å²) < 4.78 is 24.1. The third-order valence-corrected chi connectivity index (χ3v) is 5.25. The molecule has 5 atom stereocenters. The third kappa shape index (κ3) is 4.77. The maximum Gasteiger partial charge on any atom is 0.303 e. The van der Waals surface area contributed by atoms with E-state index in [0.717, 1.165) is 6.29 Å². The molecule has 3 rings (SSSR count). The average molecular weight is 431 g/mol. The topological polar surface area (TPSA) is 110 Å². The first-order valence-corrected chi connectivity index (χ1v) is 9.91. The molecule has 1 aromatic carbocycles. The Bertz CT molecular complexity index is 997. The standard InChI is InChI=1S/C22H25NO8/c1-12-19(11-28-13(2)25)31-22(21(30-15(4)27)20(12)29-14(3)26)23-9-16(10-24)17-7-5-6-8-18(17)23/h5-10,12,19-22H,11H2,1-4H3. The van der Waals surface area contributed by atoms with Crippen LogP contribution in [-0.2, 0) is 33.3 Å². The Balaban J connectivity index is 2.11. The lowest BCUT2D eigenvalue weighted by molar-refractivity contribution is -0.247. The number of carbonyl (C=O) groups excluding carboxylic acids is 4. The van der Waals surface area contributed by atoms with E-state index < -0.39 is 48.4 Å². The minimum Gasteiger partial charge on any atom is -0.463 e. The van der Waals surface area contributed by atoms with E-state index in [4.69, 9.17) is 18.9 Å². The molecule has 0 bridgehead atoms. The quantitative estimate of drug-likeness (QED) is 0.390. The molecule has 5 unspecified atom stereocenters. The highest BCUT2D eigenvalue weighted by Crippen LogP contribution is 2.38. The fraction of sp³-hybridized carbons (Fsp3) is 0.455. The largest absolute Gasteiger partial charge is 0.463 e. The number of carbonyl (C=O) groups is 4. The molecular weight excluding hydrogens is 406 g/mol. The number of para-hydroxylation sites is 1. The Kier molecular flexibility index (Phi) is 6.74. The molecule has 1 saturated heterocycles. The Morgan fingerprint density at radius 3 is 2.29 bits per heavy atom. The Morgan fingerprint density at radius 2 is 1.68 bits per heavy atom. The minimum absolute atomic E-state index is 0.0721. The number of aldehydes is 1. The maximum atomic E-state index is 11.9. The van der Waals surface area contributed by atoms with Crippen LogP contribution in [0, 0.1) is 5.92 Å². The molecule has 0 saturated carbocycles. The summed E-state index contributed by atoms with van der Waals surface area (Å²) in [6.45, 7) is 5.49. The van der Waals surface area contributed by atoms with Gasteiger partial charge in [0.05, 0.1) is 5.52 Å². The van der Waals surface area contributed by atoms with Gasteiger partial charge in [0.15, 0.2) is 18.6 Å². The van der Waals surface area contributed by atoms with E-state index in [0.29, 0.717) is 16.5 Å². The van der Waals surface area contributed by atoms with E-state index in [1.54, 1.807) is 42.0 Å². The van der Waals surface area contributed by atoms with Gasteiger partial charge in [-0.1, -0.05) is 25.1 Å². The highest BCUT2D eigenvalue weighted by Gasteiger charge is 2.49. The summed E-state index contributed by atoms with van der Waals surface area (Å²) >= 11 is 0. The van der Waals surface area contributed by atoms with Gasteiger partial charge in [-0.15, -0.1) is 0 Å². The van der Waals surface area contributed by atoms with Crippen LogP contribution in [0.1, 0.15) is 44.3 Å². The monoisotopic (exact) mass is 431 g/mol. The summed E-state index contributed by atoms with van der Waals surface area (Å²) in [4.78, 5) is 46.7. The molecule has 9 nitrogen and oxygen atoms in total. The molecule has 1 aliphatic rings. The molecule has 31 heavy (non-hydrogen) atoms. The van der Waals surface area contributed by atoms with Crippen LogP contribution in [0.4, 0.5) is 0 Å². The van der Waals surface area contributed by atoms with Gasteiger partial charge in [-0.3, -0.25) is 19.2 Å². The normalized spacial score (nSPS) is 25.6. The smallest absolute Gasteiger partial charge is 0.303 e. The van der Waals surface area contributed by atoms with Crippen molar-refractivity contribution in [3.05, 3.63) is 36.0 Å². The van der Waals surface area contributed by atoms with E-state index in [2.05, 4.69) is 0 Å². The Labute approximate surface area is 179 Å². The molecule has 2 heterocycles. The van der Waals surface area contributed by atoms with Crippen LogP contribution in [-0.4, -0.2) is 53.7 Å². The van der Waals surface area contributed by atoms with Gasteiger partial charge in [0.1, 0.15) is 18.8 Å². The Hall–Kier alpha value is -3.20. The highest BCUT2D eigenvalue weighted by atomic mass is 16.6. The van der Waals surface area contributed by atoms with Crippen molar-refractivity contribution in [2.45, 2.75) is 52.2 Å². The van der Waals surface area contributed by atoms with E-state index in [1.807, 2.05) is 0 Å². The summed E-state index contributed by atoms with van der Waals surface area (Å²) in [6.07, 6.45) is -1.09. The van der Waals surface area contributed by atoms with Crippen molar-refractivity contribution >= 4 is 35.1 Å². The first kappa shape index (κ1) is 22.5. The van der Waals surface area contributed by atoms with Gasteiger partial charge in [-0.2, -0.15) is 0 Å². The second-order valence-electron chi connectivity index (χ2n) is 7.50. The second kappa shape index (κ2) is 9.30. The molecule has 0 spiro atoms. The van der Waals surface area contributed by atoms with Crippen molar-refractivity contribution in [3.63, 3.8) is 0 Å². The molecule has 0 aliphatic carbocycles. The molecule has 2 aromatic rings. The summed E-state index contributed by atoms with van der Waals surface area (Å²) in [5.74, 6) is -2.05. The van der Waals surface area contributed by atoms with Crippen LogP contribution in [0.3, 0.4) is 0 Å². The van der Waals surface area contributed by atoms with Gasteiger partial charge in [-0.05, 0) is 6.07 Å². The van der Waals surface area contributed by atoms with Crippen molar-refractivity contribution < 1.29 is 38.1 Å². The van der Waals surface area contributed by atoms with Crippen LogP contribution in [0.5, 0.6) is 0 Å². The SMILES string of the molecule is CC(=O)OCC1OC(n2cc(C=O)c3ccccc32)C(OC(C)=O)C(OC(C)=O)C1C. The van der Waals surface area contributed by atoms with E-state index >= 15 is 0 Å². The van der Waals surface area contributed by atoms with Crippen LogP contribution in [0.15, 0.2) is 30.5 Å². The van der Waals surface area contributed by atoms with Gasteiger partial charge in [0, 0.05) is 43.8 Å². The first-order chi connectivity index (χ1) is 14.7. The highest BCUT2D eigenvalue weighted by molar-refractivity contribution is 5.97. The van der Waals surface area contributed by atoms with E-state index in [-0.39, 0.29) is 6.61 Å². The number of esters is 3. The molecule has 1 aromatic heterocycles. The molecule has 0 radical (unpaired) electrons. The van der Waals surface area contributed by atoms with E-state index in [1.165, 1.54) is 20.8 Å².